The Kier molecular flexibility index (Phi) is 6.86. The quantitative estimate of drug-likeness (QED) is 0.531. The molecule has 2 amide bonds. The Labute approximate surface area is 213 Å². The lowest BCUT2D eigenvalue weighted by Crippen LogP contribution is -2.70. The molecule has 0 bridgehead atoms. The van der Waals surface area contributed by atoms with E-state index in [9.17, 15) is 14.4 Å². The minimum Gasteiger partial charge on any atom is -0.469 e. The average molecular weight is 493 g/mol. The Balaban J connectivity index is 1.75. The van der Waals surface area contributed by atoms with Crippen LogP contribution in [0.2, 0.25) is 0 Å². The lowest BCUT2D eigenvalue weighted by atomic mass is 9.38. The average Bonchev–Trinajstić information content (AvgIpc) is 2.83. The molecule has 1 N–H and O–H groups in total. The zero-order chi connectivity index (χ0) is 26.1. The number of methoxy groups -OCH3 is 1. The number of nitrogens with one attached hydrogen (secondary N) is 1. The number of carbonyl (C=O) groups is 3. The molecule has 2 aromatic rings. The Morgan fingerprint density at radius 2 is 1.75 bits per heavy atom. The number of hydrogen-bond donors (Lipinski definition) is 1. The fourth-order valence-electron chi connectivity index (χ4n) is 6.16. The Morgan fingerprint density at radius 1 is 1.08 bits per heavy atom. The molecule has 2 aliphatic rings. The van der Waals surface area contributed by atoms with Crippen LogP contribution in [0.1, 0.15) is 58.1 Å². The van der Waals surface area contributed by atoms with E-state index in [1.807, 2.05) is 82.3 Å². The standard InChI is InChI=1S/C29H36N2O5/c1-6-28(25(33)35-5)18-22-24(32)30-23-15-11-10-14-21(23)29(22,28)16-17-31(26(34)36-27(2,3)4)19-20-12-8-7-9-13-20/h7-15,22H,6,16-19H2,1-5H3,(H,30,32)/t22-,28-,29+/m1/s1. The molecule has 4 rings (SSSR count). The molecule has 0 radical (unpaired) electrons. The van der Waals surface area contributed by atoms with Crippen molar-refractivity contribution in [3.63, 3.8) is 0 Å². The van der Waals surface area contributed by atoms with E-state index in [2.05, 4.69) is 5.32 Å². The minimum absolute atomic E-state index is 0.0893. The van der Waals surface area contributed by atoms with Crippen LogP contribution in [0.4, 0.5) is 10.5 Å². The number of anilines is 1. The van der Waals surface area contributed by atoms with E-state index in [4.69, 9.17) is 9.47 Å². The molecule has 3 atom stereocenters. The molecule has 1 aliphatic carbocycles. The van der Waals surface area contributed by atoms with Gasteiger partial charge in [0.25, 0.3) is 0 Å². The number of fused-ring (bicyclic) bond motifs is 3. The lowest BCUT2D eigenvalue weighted by molar-refractivity contribution is -0.183. The van der Waals surface area contributed by atoms with Gasteiger partial charge in [-0.2, -0.15) is 0 Å². The normalized spacial score (nSPS) is 24.5. The van der Waals surface area contributed by atoms with E-state index >= 15 is 0 Å². The van der Waals surface area contributed by atoms with Crippen molar-refractivity contribution in [1.82, 2.24) is 4.90 Å². The molecule has 7 heteroatoms. The first-order valence-electron chi connectivity index (χ1n) is 12.6. The third kappa shape index (κ3) is 4.25. The number of esters is 1. The van der Waals surface area contributed by atoms with Gasteiger partial charge in [0.1, 0.15) is 5.60 Å². The summed E-state index contributed by atoms with van der Waals surface area (Å²) in [6.07, 6.45) is 0.953. The molecule has 192 valence electrons. The van der Waals surface area contributed by atoms with Gasteiger partial charge in [-0.1, -0.05) is 55.5 Å². The summed E-state index contributed by atoms with van der Waals surface area (Å²) in [6.45, 7) is 8.18. The molecular formula is C29H36N2O5. The van der Waals surface area contributed by atoms with Crippen LogP contribution in [0.5, 0.6) is 0 Å². The zero-order valence-corrected chi connectivity index (χ0v) is 21.8. The van der Waals surface area contributed by atoms with E-state index in [0.29, 0.717) is 38.0 Å². The van der Waals surface area contributed by atoms with Crippen molar-refractivity contribution in [1.29, 1.82) is 0 Å². The highest BCUT2D eigenvalue weighted by Gasteiger charge is 2.72. The minimum atomic E-state index is -0.855. The van der Waals surface area contributed by atoms with Crippen molar-refractivity contribution in [3.05, 3.63) is 65.7 Å². The van der Waals surface area contributed by atoms with Crippen LogP contribution >= 0.6 is 0 Å². The summed E-state index contributed by atoms with van der Waals surface area (Å²) < 4.78 is 11.1. The number of amides is 2. The summed E-state index contributed by atoms with van der Waals surface area (Å²) in [7, 11) is 1.40. The lowest BCUT2D eigenvalue weighted by Gasteiger charge is -2.64. The SMILES string of the molecule is CC[C@]1(C(=O)OC)C[C@@H]2C(=O)Nc3ccccc3[C@@]21CCN(Cc1ccccc1)C(=O)OC(C)(C)C. The van der Waals surface area contributed by atoms with Crippen molar-refractivity contribution in [2.45, 2.75) is 64.5 Å². The fourth-order valence-corrected chi connectivity index (χ4v) is 6.16. The van der Waals surface area contributed by atoms with Crippen molar-refractivity contribution >= 4 is 23.7 Å². The van der Waals surface area contributed by atoms with Crippen LogP contribution in [0.25, 0.3) is 0 Å². The maximum Gasteiger partial charge on any atom is 0.410 e. The van der Waals surface area contributed by atoms with Crippen molar-refractivity contribution in [3.8, 4) is 0 Å². The van der Waals surface area contributed by atoms with E-state index in [-0.39, 0.29) is 17.8 Å². The molecule has 0 unspecified atom stereocenters. The van der Waals surface area contributed by atoms with E-state index < -0.39 is 22.5 Å². The molecule has 0 saturated heterocycles. The van der Waals surface area contributed by atoms with Crippen LogP contribution in [0.3, 0.4) is 0 Å². The van der Waals surface area contributed by atoms with Gasteiger partial charge >= 0.3 is 12.1 Å². The molecular weight excluding hydrogens is 456 g/mol. The van der Waals surface area contributed by atoms with Crippen LogP contribution in [-0.2, 0) is 31.0 Å². The Bertz CT molecular complexity index is 1140. The van der Waals surface area contributed by atoms with Gasteiger partial charge in [0.15, 0.2) is 0 Å². The van der Waals surface area contributed by atoms with Crippen LogP contribution in [0.15, 0.2) is 54.6 Å². The van der Waals surface area contributed by atoms with Gasteiger partial charge in [-0.05, 0) is 57.2 Å². The van der Waals surface area contributed by atoms with Gasteiger partial charge in [0.2, 0.25) is 5.91 Å². The predicted molar refractivity (Wildman–Crippen MR) is 137 cm³/mol. The second-order valence-electron chi connectivity index (χ2n) is 10.8. The molecule has 0 aromatic heterocycles. The summed E-state index contributed by atoms with van der Waals surface area (Å²) in [5.41, 5.74) is 0.323. The monoisotopic (exact) mass is 492 g/mol. The molecule has 1 fully saturated rings. The first-order chi connectivity index (χ1) is 17.1. The summed E-state index contributed by atoms with van der Waals surface area (Å²) in [5.74, 6) is -0.783. The van der Waals surface area contributed by atoms with Gasteiger partial charge in [0, 0.05) is 24.2 Å². The van der Waals surface area contributed by atoms with Gasteiger partial charge in [-0.25, -0.2) is 4.79 Å². The highest BCUT2D eigenvalue weighted by Crippen LogP contribution is 2.68. The molecule has 1 heterocycles. The summed E-state index contributed by atoms with van der Waals surface area (Å²) >= 11 is 0. The molecule has 1 aliphatic heterocycles. The molecule has 1 saturated carbocycles. The van der Waals surface area contributed by atoms with Gasteiger partial charge in [-0.3, -0.25) is 9.59 Å². The summed E-state index contributed by atoms with van der Waals surface area (Å²) in [5, 5.41) is 3.02. The van der Waals surface area contributed by atoms with E-state index in [1.165, 1.54) is 7.11 Å². The maximum absolute atomic E-state index is 13.3. The Morgan fingerprint density at radius 3 is 2.39 bits per heavy atom. The van der Waals surface area contributed by atoms with E-state index in [0.717, 1.165) is 11.1 Å². The second-order valence-corrected chi connectivity index (χ2v) is 10.8. The second kappa shape index (κ2) is 9.60. The highest BCUT2D eigenvalue weighted by molar-refractivity contribution is 6.01. The predicted octanol–water partition coefficient (Wildman–Crippen LogP) is 5.29. The van der Waals surface area contributed by atoms with Crippen LogP contribution in [0, 0.1) is 11.3 Å². The third-order valence-electron chi connectivity index (χ3n) is 7.81. The van der Waals surface area contributed by atoms with E-state index in [1.54, 1.807) is 4.90 Å². The van der Waals surface area contributed by atoms with Crippen molar-refractivity contribution in [2.75, 3.05) is 19.0 Å². The first-order valence-corrected chi connectivity index (χ1v) is 12.6. The third-order valence-corrected chi connectivity index (χ3v) is 7.81. The highest BCUT2D eigenvalue weighted by atomic mass is 16.6. The van der Waals surface area contributed by atoms with Gasteiger partial charge in [-0.15, -0.1) is 0 Å². The largest absolute Gasteiger partial charge is 0.469 e. The number of rotatable bonds is 7. The number of carbonyl (C=O) groups excluding carboxylic acids is 3. The molecule has 0 spiro atoms. The molecule has 7 nitrogen and oxygen atoms in total. The zero-order valence-electron chi connectivity index (χ0n) is 21.8. The number of hydrogen-bond acceptors (Lipinski definition) is 5. The fraction of sp³-hybridized carbons (Fsp3) is 0.483. The Hall–Kier alpha value is -3.35. The molecule has 36 heavy (non-hydrogen) atoms. The topological polar surface area (TPSA) is 84.9 Å². The van der Waals surface area contributed by atoms with Crippen molar-refractivity contribution < 1.29 is 23.9 Å². The summed E-state index contributed by atoms with van der Waals surface area (Å²) in [6, 6.07) is 17.4. The maximum atomic E-state index is 13.3. The smallest absolute Gasteiger partial charge is 0.410 e. The van der Waals surface area contributed by atoms with Gasteiger partial charge in [0.05, 0.1) is 18.4 Å². The first kappa shape index (κ1) is 25.7. The van der Waals surface area contributed by atoms with Crippen LogP contribution < -0.4 is 5.32 Å². The van der Waals surface area contributed by atoms with Crippen molar-refractivity contribution in [2.24, 2.45) is 11.3 Å². The van der Waals surface area contributed by atoms with Gasteiger partial charge < -0.3 is 19.7 Å². The number of benzene rings is 2. The number of nitrogens with zero attached hydrogens (tertiary/aromatic N) is 1. The molecule has 2 aromatic carbocycles. The van der Waals surface area contributed by atoms with Crippen LogP contribution in [-0.4, -0.2) is 42.1 Å². The number of para-hydroxylation sites is 1. The number of ether oxygens (including phenoxy) is 2. The summed E-state index contributed by atoms with van der Waals surface area (Å²) in [4.78, 5) is 41.5.